The van der Waals surface area contributed by atoms with E-state index in [2.05, 4.69) is 55.1 Å². The molecular weight excluding hydrogens is 458 g/mol. The van der Waals surface area contributed by atoms with Crippen molar-refractivity contribution in [1.29, 1.82) is 0 Å². The first kappa shape index (κ1) is 24.4. The Bertz CT molecular complexity index is 1350. The molecule has 0 saturated heterocycles. The van der Waals surface area contributed by atoms with Crippen LogP contribution in [0.4, 0.5) is 0 Å². The van der Waals surface area contributed by atoms with Crippen molar-refractivity contribution in [1.82, 2.24) is 0 Å². The highest BCUT2D eigenvalue weighted by atomic mass is 16.5. The Morgan fingerprint density at radius 1 is 0.703 bits per heavy atom. The summed E-state index contributed by atoms with van der Waals surface area (Å²) in [6.07, 6.45) is 3.38. The third-order valence-corrected chi connectivity index (χ3v) is 6.30. The summed E-state index contributed by atoms with van der Waals surface area (Å²) in [5.74, 6) is 2.34. The first-order chi connectivity index (χ1) is 18.3. The third-order valence-electron chi connectivity index (χ3n) is 6.30. The van der Waals surface area contributed by atoms with Crippen LogP contribution in [0.1, 0.15) is 27.8 Å². The van der Waals surface area contributed by atoms with Gasteiger partial charge < -0.3 is 14.2 Å². The van der Waals surface area contributed by atoms with Crippen molar-refractivity contribution in [3.8, 4) is 17.2 Å². The van der Waals surface area contributed by atoms with E-state index in [9.17, 15) is 0 Å². The molecular formula is C33H31NO3. The molecule has 37 heavy (non-hydrogen) atoms. The lowest BCUT2D eigenvalue weighted by atomic mass is 9.93. The summed E-state index contributed by atoms with van der Waals surface area (Å²) in [4.78, 5) is 4.90. The number of aliphatic imine (C=N–C) groups is 1. The summed E-state index contributed by atoms with van der Waals surface area (Å²) >= 11 is 0. The van der Waals surface area contributed by atoms with Crippen molar-refractivity contribution in [2.45, 2.75) is 26.1 Å². The minimum Gasteiger partial charge on any atom is -0.490 e. The summed E-state index contributed by atoms with van der Waals surface area (Å²) < 4.78 is 18.2. The topological polar surface area (TPSA) is 40.0 Å². The van der Waals surface area contributed by atoms with Gasteiger partial charge in [-0.1, -0.05) is 85.5 Å². The van der Waals surface area contributed by atoms with Gasteiger partial charge in [-0.3, -0.25) is 4.99 Å². The zero-order chi connectivity index (χ0) is 25.3. The zero-order valence-electron chi connectivity index (χ0n) is 20.9. The molecule has 4 aromatic rings. The lowest BCUT2D eigenvalue weighted by molar-refractivity contribution is 0.255. The van der Waals surface area contributed by atoms with E-state index in [1.54, 1.807) is 6.08 Å². The highest BCUT2D eigenvalue weighted by Gasteiger charge is 2.20. The molecule has 0 aromatic heterocycles. The molecule has 0 fully saturated rings. The summed E-state index contributed by atoms with van der Waals surface area (Å²) in [6, 6.07) is 32.8. The molecule has 186 valence electrons. The Hall–Kier alpha value is -4.31. The molecule has 1 aliphatic heterocycles. The molecule has 0 N–H and O–H groups in total. The lowest BCUT2D eigenvalue weighted by Gasteiger charge is -2.21. The molecule has 4 nitrogen and oxygen atoms in total. The van der Waals surface area contributed by atoms with Crippen LogP contribution in [0, 0.1) is 0 Å². The van der Waals surface area contributed by atoms with Gasteiger partial charge in [0, 0.05) is 24.2 Å². The minimum absolute atomic E-state index is 0.472. The predicted molar refractivity (Wildman–Crippen MR) is 149 cm³/mol. The van der Waals surface area contributed by atoms with Crippen LogP contribution in [-0.2, 0) is 26.1 Å². The molecule has 4 heteroatoms. The molecule has 0 bridgehead atoms. The molecule has 0 radical (unpaired) electrons. The quantitative estimate of drug-likeness (QED) is 0.213. The molecule has 0 amide bonds. The second-order valence-electron chi connectivity index (χ2n) is 9.00. The number of hydrogen-bond donors (Lipinski definition) is 0. The van der Waals surface area contributed by atoms with E-state index in [1.807, 2.05) is 48.5 Å². The maximum absolute atomic E-state index is 6.32. The van der Waals surface area contributed by atoms with Gasteiger partial charge >= 0.3 is 0 Å². The van der Waals surface area contributed by atoms with Gasteiger partial charge in [-0.25, -0.2) is 0 Å². The molecule has 1 heterocycles. The monoisotopic (exact) mass is 489 g/mol. The maximum atomic E-state index is 6.32. The Morgan fingerprint density at radius 3 is 1.95 bits per heavy atom. The third kappa shape index (κ3) is 6.47. The van der Waals surface area contributed by atoms with E-state index < -0.39 is 0 Å². The second kappa shape index (κ2) is 12.1. The van der Waals surface area contributed by atoms with Crippen molar-refractivity contribution >= 4 is 5.71 Å². The molecule has 5 rings (SSSR count). The highest BCUT2D eigenvalue weighted by Crippen LogP contribution is 2.35. The highest BCUT2D eigenvalue weighted by molar-refractivity contribution is 6.04. The second-order valence-corrected chi connectivity index (χ2v) is 9.00. The molecule has 4 aromatic carbocycles. The fourth-order valence-electron chi connectivity index (χ4n) is 4.37. The standard InChI is InChI=1S/C33H31NO3/c1-2-19-35-29-15-13-25(14-16-29)20-31-30-22-33(37-24-27-11-7-4-8-12-27)32(21-28(30)17-18-34-31)36-23-26-9-5-3-6-10-26/h2-16,21-22H,1,17-20,23-24H2. The number of ether oxygens (including phenoxy) is 3. The molecule has 0 aliphatic carbocycles. The van der Waals surface area contributed by atoms with E-state index in [4.69, 9.17) is 19.2 Å². The molecule has 0 atom stereocenters. The van der Waals surface area contributed by atoms with Crippen LogP contribution in [-0.4, -0.2) is 18.9 Å². The molecule has 0 saturated carbocycles. The van der Waals surface area contributed by atoms with Crippen LogP contribution in [0.25, 0.3) is 0 Å². The zero-order valence-corrected chi connectivity index (χ0v) is 20.9. The van der Waals surface area contributed by atoms with E-state index in [1.165, 1.54) is 11.1 Å². The summed E-state index contributed by atoms with van der Waals surface area (Å²) in [5.41, 5.74) is 6.87. The first-order valence-corrected chi connectivity index (χ1v) is 12.6. The summed E-state index contributed by atoms with van der Waals surface area (Å²) in [6.45, 7) is 5.93. The minimum atomic E-state index is 0.472. The van der Waals surface area contributed by atoms with Gasteiger partial charge in [0.15, 0.2) is 11.5 Å². The Labute approximate surface area is 218 Å². The van der Waals surface area contributed by atoms with Crippen LogP contribution in [0.5, 0.6) is 17.2 Å². The number of hydrogen-bond acceptors (Lipinski definition) is 4. The summed E-state index contributed by atoms with van der Waals surface area (Å²) in [7, 11) is 0. The number of benzene rings is 4. The van der Waals surface area contributed by atoms with Gasteiger partial charge in [-0.15, -0.1) is 0 Å². The van der Waals surface area contributed by atoms with Gasteiger partial charge in [0.2, 0.25) is 0 Å². The molecule has 1 aliphatic rings. The van der Waals surface area contributed by atoms with Crippen molar-refractivity contribution in [3.63, 3.8) is 0 Å². The first-order valence-electron chi connectivity index (χ1n) is 12.6. The Morgan fingerprint density at radius 2 is 1.32 bits per heavy atom. The number of rotatable bonds is 11. The average molecular weight is 490 g/mol. The fourth-order valence-corrected chi connectivity index (χ4v) is 4.37. The number of fused-ring (bicyclic) bond motifs is 1. The smallest absolute Gasteiger partial charge is 0.162 e. The fraction of sp³-hybridized carbons (Fsp3) is 0.182. The lowest BCUT2D eigenvalue weighted by Crippen LogP contribution is -2.16. The summed E-state index contributed by atoms with van der Waals surface area (Å²) in [5, 5.41) is 0. The van der Waals surface area contributed by atoms with Gasteiger partial charge in [-0.05, 0) is 52.9 Å². The van der Waals surface area contributed by atoms with Gasteiger partial charge in [0.25, 0.3) is 0 Å². The van der Waals surface area contributed by atoms with Gasteiger partial charge in [0.05, 0.1) is 0 Å². The van der Waals surface area contributed by atoms with E-state index >= 15 is 0 Å². The van der Waals surface area contributed by atoms with E-state index in [0.717, 1.165) is 59.0 Å². The SMILES string of the molecule is C=CCOc1ccc(CC2=NCCc3cc(OCc4ccccc4)c(OCc4ccccc4)cc32)cc1. The number of nitrogens with zero attached hydrogens (tertiary/aromatic N) is 1. The van der Waals surface area contributed by atoms with Crippen molar-refractivity contribution in [3.05, 3.63) is 138 Å². The Balaban J connectivity index is 1.39. The van der Waals surface area contributed by atoms with Crippen molar-refractivity contribution < 1.29 is 14.2 Å². The largest absolute Gasteiger partial charge is 0.490 e. The van der Waals surface area contributed by atoms with Crippen LogP contribution in [0.3, 0.4) is 0 Å². The van der Waals surface area contributed by atoms with Crippen LogP contribution in [0.2, 0.25) is 0 Å². The van der Waals surface area contributed by atoms with Crippen LogP contribution in [0.15, 0.2) is 115 Å². The van der Waals surface area contributed by atoms with Crippen LogP contribution >= 0.6 is 0 Å². The average Bonchev–Trinajstić information content (AvgIpc) is 2.96. The normalized spacial score (nSPS) is 12.3. The van der Waals surface area contributed by atoms with Crippen molar-refractivity contribution in [2.24, 2.45) is 4.99 Å². The van der Waals surface area contributed by atoms with Gasteiger partial charge in [-0.2, -0.15) is 0 Å². The van der Waals surface area contributed by atoms with E-state index in [-0.39, 0.29) is 0 Å². The molecule has 0 spiro atoms. The van der Waals surface area contributed by atoms with Gasteiger partial charge in [0.1, 0.15) is 25.6 Å². The van der Waals surface area contributed by atoms with Crippen molar-refractivity contribution in [2.75, 3.05) is 13.2 Å². The predicted octanol–water partition coefficient (Wildman–Crippen LogP) is 7.00. The van der Waals surface area contributed by atoms with E-state index in [0.29, 0.717) is 19.8 Å². The maximum Gasteiger partial charge on any atom is 0.162 e. The Kier molecular flexibility index (Phi) is 7.97. The molecule has 0 unspecified atom stereocenters. The van der Waals surface area contributed by atoms with Crippen LogP contribution < -0.4 is 14.2 Å².